The van der Waals surface area contributed by atoms with Crippen LogP contribution in [0.25, 0.3) is 0 Å². The Morgan fingerprint density at radius 2 is 1.73 bits per heavy atom. The Labute approximate surface area is 186 Å². The smallest absolute Gasteiger partial charge is 0.318 e. The van der Waals surface area contributed by atoms with Gasteiger partial charge in [-0.25, -0.2) is 4.79 Å². The molecule has 1 aliphatic carbocycles. The van der Waals surface area contributed by atoms with Crippen molar-refractivity contribution in [2.24, 2.45) is 5.92 Å². The summed E-state index contributed by atoms with van der Waals surface area (Å²) >= 11 is 1.31. The van der Waals surface area contributed by atoms with Crippen LogP contribution in [0.4, 0.5) is 4.79 Å². The molecule has 1 saturated heterocycles. The number of carbonyl (C=O) groups excluding carboxylic acids is 3. The number of hydrogen-bond donors (Lipinski definition) is 1. The molecule has 1 aliphatic heterocycles. The van der Waals surface area contributed by atoms with Gasteiger partial charge in [-0.3, -0.25) is 9.59 Å². The van der Waals surface area contributed by atoms with E-state index in [0.717, 1.165) is 38.2 Å². The minimum Gasteiger partial charge on any atom is -0.338 e. The summed E-state index contributed by atoms with van der Waals surface area (Å²) in [5.74, 6) is 1.42. The van der Waals surface area contributed by atoms with Crippen molar-refractivity contribution < 1.29 is 14.4 Å². The lowest BCUT2D eigenvalue weighted by atomic mass is 9.87. The first-order chi connectivity index (χ1) is 14.4. The van der Waals surface area contributed by atoms with Gasteiger partial charge in [0.25, 0.3) is 0 Å². The van der Waals surface area contributed by atoms with Crippen molar-refractivity contribution in [3.8, 4) is 0 Å². The van der Waals surface area contributed by atoms with Crippen molar-refractivity contribution in [2.45, 2.75) is 64.8 Å². The molecule has 1 unspecified atom stereocenters. The van der Waals surface area contributed by atoms with E-state index in [1.54, 1.807) is 13.8 Å². The highest BCUT2D eigenvalue weighted by Crippen LogP contribution is 2.26. The summed E-state index contributed by atoms with van der Waals surface area (Å²) in [5, 5.41) is 3.04. The maximum atomic E-state index is 13.0. The van der Waals surface area contributed by atoms with Gasteiger partial charge in [0.1, 0.15) is 6.04 Å². The van der Waals surface area contributed by atoms with Gasteiger partial charge in [0.2, 0.25) is 5.91 Å². The zero-order valence-corrected chi connectivity index (χ0v) is 19.8. The summed E-state index contributed by atoms with van der Waals surface area (Å²) in [6.07, 6.45) is 8.24. The molecule has 1 saturated carbocycles. The van der Waals surface area contributed by atoms with Crippen LogP contribution in [-0.2, 0) is 9.59 Å². The number of urea groups is 1. The Hall–Kier alpha value is -1.28. The molecule has 30 heavy (non-hydrogen) atoms. The van der Waals surface area contributed by atoms with Crippen LogP contribution in [-0.4, -0.2) is 89.9 Å². The van der Waals surface area contributed by atoms with Crippen LogP contribution in [0.2, 0.25) is 0 Å². The summed E-state index contributed by atoms with van der Waals surface area (Å²) in [4.78, 5) is 42.8. The van der Waals surface area contributed by atoms with Gasteiger partial charge in [0.15, 0.2) is 5.12 Å². The van der Waals surface area contributed by atoms with Crippen LogP contribution in [0.1, 0.15) is 58.8 Å². The fraction of sp³-hybridized carbons (Fsp3) is 0.864. The molecule has 0 bridgehead atoms. The van der Waals surface area contributed by atoms with Gasteiger partial charge in [0, 0.05) is 51.9 Å². The van der Waals surface area contributed by atoms with Crippen molar-refractivity contribution in [2.75, 3.05) is 52.1 Å². The van der Waals surface area contributed by atoms with Crippen LogP contribution in [0, 0.1) is 5.92 Å². The topological polar surface area (TPSA) is 73.0 Å². The number of nitrogens with one attached hydrogen (secondary N) is 1. The van der Waals surface area contributed by atoms with E-state index < -0.39 is 6.04 Å². The van der Waals surface area contributed by atoms with Crippen molar-refractivity contribution in [3.63, 3.8) is 0 Å². The Balaban J connectivity index is 1.85. The molecule has 7 nitrogen and oxygen atoms in total. The van der Waals surface area contributed by atoms with Crippen molar-refractivity contribution in [3.05, 3.63) is 0 Å². The van der Waals surface area contributed by atoms with Crippen molar-refractivity contribution in [1.82, 2.24) is 20.0 Å². The quantitative estimate of drug-likeness (QED) is 0.558. The van der Waals surface area contributed by atoms with Crippen LogP contribution in [0.15, 0.2) is 0 Å². The van der Waals surface area contributed by atoms with E-state index in [1.165, 1.54) is 43.9 Å². The van der Waals surface area contributed by atoms with E-state index in [0.29, 0.717) is 25.6 Å². The summed E-state index contributed by atoms with van der Waals surface area (Å²) < 4.78 is 0. The molecule has 2 aliphatic rings. The fourth-order valence-corrected chi connectivity index (χ4v) is 4.80. The molecular formula is C22H40N4O3S. The second-order valence-electron chi connectivity index (χ2n) is 8.77. The Morgan fingerprint density at radius 3 is 2.37 bits per heavy atom. The molecular weight excluding hydrogens is 400 g/mol. The number of hydrogen-bond acceptors (Lipinski definition) is 5. The zero-order valence-electron chi connectivity index (χ0n) is 19.0. The summed E-state index contributed by atoms with van der Waals surface area (Å²) in [7, 11) is 2.06. The molecule has 2 fully saturated rings. The van der Waals surface area contributed by atoms with Crippen LogP contribution in [0.3, 0.4) is 0 Å². The number of nitrogens with zero attached hydrogens (tertiary/aromatic N) is 3. The highest BCUT2D eigenvalue weighted by atomic mass is 32.2. The van der Waals surface area contributed by atoms with Crippen molar-refractivity contribution >= 4 is 28.8 Å². The first-order valence-corrected chi connectivity index (χ1v) is 12.5. The maximum Gasteiger partial charge on any atom is 0.318 e. The lowest BCUT2D eigenvalue weighted by molar-refractivity contribution is -0.134. The van der Waals surface area contributed by atoms with E-state index in [-0.39, 0.29) is 17.1 Å². The second-order valence-corrected chi connectivity index (χ2v) is 10.0. The zero-order chi connectivity index (χ0) is 21.9. The largest absolute Gasteiger partial charge is 0.338 e. The first-order valence-electron chi connectivity index (χ1n) is 11.5. The second kappa shape index (κ2) is 13.2. The van der Waals surface area contributed by atoms with E-state index in [1.807, 2.05) is 9.80 Å². The van der Waals surface area contributed by atoms with E-state index >= 15 is 0 Å². The fourth-order valence-electron chi connectivity index (χ4n) is 4.24. The van der Waals surface area contributed by atoms with E-state index in [9.17, 15) is 14.4 Å². The van der Waals surface area contributed by atoms with Gasteiger partial charge in [0.05, 0.1) is 0 Å². The van der Waals surface area contributed by atoms with Gasteiger partial charge >= 0.3 is 6.03 Å². The summed E-state index contributed by atoms with van der Waals surface area (Å²) in [6, 6.07) is -0.682. The molecule has 1 N–H and O–H groups in total. The average Bonchev–Trinajstić information content (AvgIpc) is 2.73. The molecule has 1 atom stereocenters. The predicted octanol–water partition coefficient (Wildman–Crippen LogP) is 2.80. The Kier molecular flexibility index (Phi) is 11.0. The predicted molar refractivity (Wildman–Crippen MR) is 123 cm³/mol. The van der Waals surface area contributed by atoms with Crippen LogP contribution < -0.4 is 5.32 Å². The third-order valence-corrected chi connectivity index (χ3v) is 7.12. The third-order valence-electron chi connectivity index (χ3n) is 6.22. The van der Waals surface area contributed by atoms with Gasteiger partial charge in [-0.1, -0.05) is 43.9 Å². The monoisotopic (exact) mass is 440 g/mol. The molecule has 0 radical (unpaired) electrons. The van der Waals surface area contributed by atoms with Gasteiger partial charge in [-0.15, -0.1) is 0 Å². The molecule has 1 heterocycles. The van der Waals surface area contributed by atoms with Gasteiger partial charge in [-0.2, -0.15) is 0 Å². The molecule has 0 aromatic heterocycles. The van der Waals surface area contributed by atoms with Gasteiger partial charge < -0.3 is 20.0 Å². The van der Waals surface area contributed by atoms with Gasteiger partial charge in [-0.05, 0) is 32.7 Å². The number of likely N-dealkylation sites (N-methyl/N-ethyl adjacent to an activating group) is 1. The Morgan fingerprint density at radius 1 is 1.07 bits per heavy atom. The highest BCUT2D eigenvalue weighted by molar-refractivity contribution is 8.13. The summed E-state index contributed by atoms with van der Waals surface area (Å²) in [6.45, 7) is 7.85. The lowest BCUT2D eigenvalue weighted by Gasteiger charge is -2.34. The number of amides is 3. The molecule has 2 rings (SSSR count). The van der Waals surface area contributed by atoms with E-state index in [4.69, 9.17) is 0 Å². The molecule has 0 spiro atoms. The normalized spacial score (nSPS) is 19.4. The summed E-state index contributed by atoms with van der Waals surface area (Å²) in [5.41, 5.74) is 0. The molecule has 8 heteroatoms. The lowest BCUT2D eigenvalue weighted by Crippen LogP contribution is -2.55. The molecule has 172 valence electrons. The molecule has 3 amide bonds. The Bertz CT molecular complexity index is 561. The highest BCUT2D eigenvalue weighted by Gasteiger charge is 2.26. The SMILES string of the molecule is CC(=O)SCCCN(CCC1CCCCC1)C(=O)NC(C)C(=O)N1CCN(C)CC1. The minimum atomic E-state index is -0.523. The average molecular weight is 441 g/mol. The van der Waals surface area contributed by atoms with E-state index in [2.05, 4.69) is 17.3 Å². The van der Waals surface area contributed by atoms with Crippen LogP contribution in [0.5, 0.6) is 0 Å². The van der Waals surface area contributed by atoms with Crippen LogP contribution >= 0.6 is 11.8 Å². The number of piperazine rings is 1. The maximum absolute atomic E-state index is 13.0. The molecule has 0 aromatic rings. The standard InChI is InChI=1S/C22H40N4O3S/c1-18(21(28)25-15-13-24(3)14-16-25)23-22(29)26(11-7-17-30-19(2)27)12-10-20-8-5-4-6-9-20/h18,20H,4-17H2,1-3H3,(H,23,29). The number of carbonyl (C=O) groups is 3. The van der Waals surface area contributed by atoms with Crippen molar-refractivity contribution in [1.29, 1.82) is 0 Å². The first kappa shape index (κ1) is 25.0. The number of thioether (sulfide) groups is 1. The number of rotatable bonds is 9. The minimum absolute atomic E-state index is 0.00387. The molecule has 0 aromatic carbocycles. The third kappa shape index (κ3) is 8.84.